The van der Waals surface area contributed by atoms with Gasteiger partial charge in [0.25, 0.3) is 0 Å². The number of aromatic nitrogens is 1. The molecule has 0 radical (unpaired) electrons. The molecule has 144 valence electrons. The number of hydrogen-bond donors (Lipinski definition) is 2. The number of ether oxygens (including phenoxy) is 1. The number of hydrogen-bond acceptors (Lipinski definition) is 4. The molecular weight excluding hydrogens is 443 g/mol. The minimum Gasteiger partial charge on any atom is -0.496 e. The largest absolute Gasteiger partial charge is 0.496 e. The maximum absolute atomic E-state index is 5.38. The lowest BCUT2D eigenvalue weighted by Crippen LogP contribution is -2.38. The standard InChI is InChI=1S/C19H28N4O2.HI/c1-5-16-12-17(25-23-16)13-22-19(20-6-2)21-10-9-15-8-7-14(3)18(11-15)24-4;/h7-8,11-12H,5-6,9-10,13H2,1-4H3,(H2,20,21,22);1H. The molecule has 0 unspecified atom stereocenters. The zero-order chi connectivity index (χ0) is 18.1. The molecule has 26 heavy (non-hydrogen) atoms. The predicted octanol–water partition coefficient (Wildman–Crippen LogP) is 3.47. The molecule has 0 saturated carbocycles. The molecule has 7 heteroatoms. The molecule has 2 rings (SSSR count). The van der Waals surface area contributed by atoms with E-state index in [4.69, 9.17) is 9.26 Å². The van der Waals surface area contributed by atoms with Gasteiger partial charge >= 0.3 is 0 Å². The molecule has 0 saturated heterocycles. The zero-order valence-electron chi connectivity index (χ0n) is 16.0. The van der Waals surface area contributed by atoms with Crippen LogP contribution in [0.2, 0.25) is 0 Å². The molecule has 0 aliphatic carbocycles. The number of aliphatic imine (C=N–C) groups is 1. The summed E-state index contributed by atoms with van der Waals surface area (Å²) in [5.74, 6) is 2.48. The molecular formula is C19H29IN4O2. The summed E-state index contributed by atoms with van der Waals surface area (Å²) in [5, 5.41) is 10.6. The third-order valence-electron chi connectivity index (χ3n) is 3.89. The summed E-state index contributed by atoms with van der Waals surface area (Å²) in [6, 6.07) is 8.25. The van der Waals surface area contributed by atoms with Gasteiger partial charge in [0.2, 0.25) is 0 Å². The van der Waals surface area contributed by atoms with Crippen LogP contribution in [0.3, 0.4) is 0 Å². The first kappa shape index (κ1) is 22.3. The van der Waals surface area contributed by atoms with Crippen LogP contribution >= 0.6 is 24.0 Å². The summed E-state index contributed by atoms with van der Waals surface area (Å²) in [4.78, 5) is 4.55. The Morgan fingerprint density at radius 3 is 2.69 bits per heavy atom. The molecule has 1 heterocycles. The number of guanidine groups is 1. The van der Waals surface area contributed by atoms with Gasteiger partial charge in [-0.2, -0.15) is 0 Å². The summed E-state index contributed by atoms with van der Waals surface area (Å²) < 4.78 is 10.6. The van der Waals surface area contributed by atoms with Gasteiger partial charge in [-0.3, -0.25) is 0 Å². The van der Waals surface area contributed by atoms with Gasteiger partial charge in [-0.05, 0) is 43.9 Å². The molecule has 0 atom stereocenters. The average molecular weight is 472 g/mol. The van der Waals surface area contributed by atoms with Gasteiger partial charge < -0.3 is 19.9 Å². The van der Waals surface area contributed by atoms with Crippen molar-refractivity contribution in [3.63, 3.8) is 0 Å². The van der Waals surface area contributed by atoms with Crippen molar-refractivity contribution < 1.29 is 9.26 Å². The molecule has 0 amide bonds. The first-order valence-electron chi connectivity index (χ1n) is 8.76. The second kappa shape index (κ2) is 11.8. The van der Waals surface area contributed by atoms with Crippen LogP contribution in [-0.4, -0.2) is 31.3 Å². The highest BCUT2D eigenvalue weighted by Crippen LogP contribution is 2.19. The number of methoxy groups -OCH3 is 1. The van der Waals surface area contributed by atoms with E-state index in [1.54, 1.807) is 7.11 Å². The van der Waals surface area contributed by atoms with Gasteiger partial charge in [-0.15, -0.1) is 24.0 Å². The Bertz CT molecular complexity index is 701. The van der Waals surface area contributed by atoms with Crippen molar-refractivity contribution in [3.05, 3.63) is 46.8 Å². The van der Waals surface area contributed by atoms with Crippen LogP contribution in [0.1, 0.15) is 36.4 Å². The normalized spacial score (nSPS) is 11.0. The quantitative estimate of drug-likeness (QED) is 0.350. The van der Waals surface area contributed by atoms with Crippen molar-refractivity contribution in [2.45, 2.75) is 40.2 Å². The SMILES string of the molecule is CCNC(=NCc1cc(CC)no1)NCCc1ccc(C)c(OC)c1.I. The monoisotopic (exact) mass is 472 g/mol. The van der Waals surface area contributed by atoms with E-state index in [-0.39, 0.29) is 24.0 Å². The molecule has 0 fully saturated rings. The summed E-state index contributed by atoms with van der Waals surface area (Å²) in [7, 11) is 1.70. The Hall–Kier alpha value is -1.77. The number of nitrogens with zero attached hydrogens (tertiary/aromatic N) is 2. The fraction of sp³-hybridized carbons (Fsp3) is 0.474. The van der Waals surface area contributed by atoms with E-state index in [1.807, 2.05) is 19.9 Å². The topological polar surface area (TPSA) is 71.7 Å². The Morgan fingerprint density at radius 2 is 2.04 bits per heavy atom. The average Bonchev–Trinajstić information content (AvgIpc) is 3.09. The van der Waals surface area contributed by atoms with Crippen LogP contribution in [0.5, 0.6) is 5.75 Å². The molecule has 0 bridgehead atoms. The lowest BCUT2D eigenvalue weighted by atomic mass is 10.1. The maximum atomic E-state index is 5.38. The molecule has 2 aromatic rings. The fourth-order valence-corrected chi connectivity index (χ4v) is 2.44. The molecule has 0 spiro atoms. The molecule has 1 aromatic carbocycles. The lowest BCUT2D eigenvalue weighted by molar-refractivity contribution is 0.379. The van der Waals surface area contributed by atoms with Crippen molar-refractivity contribution in [2.75, 3.05) is 20.2 Å². The number of rotatable bonds is 8. The molecule has 0 aliphatic heterocycles. The summed E-state index contributed by atoms with van der Waals surface area (Å²) in [5.41, 5.74) is 3.33. The van der Waals surface area contributed by atoms with Crippen LogP contribution in [0.25, 0.3) is 0 Å². The number of aryl methyl sites for hydroxylation is 2. The van der Waals surface area contributed by atoms with Crippen molar-refractivity contribution in [2.24, 2.45) is 4.99 Å². The second-order valence-electron chi connectivity index (χ2n) is 5.81. The van der Waals surface area contributed by atoms with Crippen molar-refractivity contribution in [1.29, 1.82) is 0 Å². The van der Waals surface area contributed by atoms with Gasteiger partial charge in [0, 0.05) is 19.2 Å². The van der Waals surface area contributed by atoms with Crippen LogP contribution in [-0.2, 0) is 19.4 Å². The van der Waals surface area contributed by atoms with Crippen LogP contribution < -0.4 is 15.4 Å². The van der Waals surface area contributed by atoms with Crippen LogP contribution in [0.15, 0.2) is 33.8 Å². The Labute approximate surface area is 172 Å². The molecule has 1 aromatic heterocycles. The Balaban J connectivity index is 0.00000338. The molecule has 6 nitrogen and oxygen atoms in total. The van der Waals surface area contributed by atoms with Gasteiger partial charge in [0.15, 0.2) is 11.7 Å². The van der Waals surface area contributed by atoms with Gasteiger partial charge in [0.1, 0.15) is 12.3 Å². The highest BCUT2D eigenvalue weighted by Gasteiger charge is 2.04. The van der Waals surface area contributed by atoms with E-state index in [1.165, 1.54) is 5.56 Å². The summed E-state index contributed by atoms with van der Waals surface area (Å²) >= 11 is 0. The van der Waals surface area contributed by atoms with Crippen LogP contribution in [0, 0.1) is 6.92 Å². The number of benzene rings is 1. The van der Waals surface area contributed by atoms with E-state index in [0.717, 1.165) is 54.7 Å². The summed E-state index contributed by atoms with van der Waals surface area (Å²) in [6.07, 6.45) is 1.76. The maximum Gasteiger partial charge on any atom is 0.191 e. The van der Waals surface area contributed by atoms with E-state index in [0.29, 0.717) is 6.54 Å². The van der Waals surface area contributed by atoms with E-state index >= 15 is 0 Å². The minimum absolute atomic E-state index is 0. The van der Waals surface area contributed by atoms with Crippen molar-refractivity contribution >= 4 is 29.9 Å². The van der Waals surface area contributed by atoms with E-state index in [2.05, 4.69) is 45.9 Å². The number of nitrogens with one attached hydrogen (secondary N) is 2. The van der Waals surface area contributed by atoms with E-state index < -0.39 is 0 Å². The first-order valence-corrected chi connectivity index (χ1v) is 8.76. The highest BCUT2D eigenvalue weighted by molar-refractivity contribution is 14.0. The van der Waals surface area contributed by atoms with Gasteiger partial charge in [-0.1, -0.05) is 24.2 Å². The predicted molar refractivity (Wildman–Crippen MR) is 116 cm³/mol. The van der Waals surface area contributed by atoms with Crippen LogP contribution in [0.4, 0.5) is 0 Å². The smallest absolute Gasteiger partial charge is 0.191 e. The third kappa shape index (κ3) is 6.86. The van der Waals surface area contributed by atoms with E-state index in [9.17, 15) is 0 Å². The second-order valence-corrected chi connectivity index (χ2v) is 5.81. The van der Waals surface area contributed by atoms with Crippen molar-refractivity contribution in [3.8, 4) is 5.75 Å². The first-order chi connectivity index (χ1) is 12.2. The van der Waals surface area contributed by atoms with Gasteiger partial charge in [0.05, 0.1) is 12.8 Å². The Morgan fingerprint density at radius 1 is 1.23 bits per heavy atom. The fourth-order valence-electron chi connectivity index (χ4n) is 2.44. The number of halogens is 1. The third-order valence-corrected chi connectivity index (χ3v) is 3.89. The minimum atomic E-state index is 0. The highest BCUT2D eigenvalue weighted by atomic mass is 127. The lowest BCUT2D eigenvalue weighted by Gasteiger charge is -2.12. The van der Waals surface area contributed by atoms with Gasteiger partial charge in [-0.25, -0.2) is 4.99 Å². The molecule has 2 N–H and O–H groups in total. The summed E-state index contributed by atoms with van der Waals surface area (Å²) in [6.45, 7) is 8.21. The molecule has 0 aliphatic rings. The Kier molecular flexibility index (Phi) is 10.1. The van der Waals surface area contributed by atoms with Crippen molar-refractivity contribution in [1.82, 2.24) is 15.8 Å². The zero-order valence-corrected chi connectivity index (χ0v) is 18.3.